The summed E-state index contributed by atoms with van der Waals surface area (Å²) in [6, 6.07) is 5.53. The van der Waals surface area contributed by atoms with E-state index in [9.17, 15) is 14.0 Å². The molecule has 1 atom stereocenters. The molecule has 6 heteroatoms. The lowest BCUT2D eigenvalue weighted by Crippen LogP contribution is -2.49. The number of nitrogens with zero attached hydrogens (tertiary/aromatic N) is 1. The maximum atomic E-state index is 13.3. The lowest BCUT2D eigenvalue weighted by atomic mass is 9.96. The Morgan fingerprint density at radius 2 is 2.05 bits per heavy atom. The Labute approximate surface area is 129 Å². The fraction of sp³-hybridized carbons (Fsp3) is 0.500. The second-order valence-corrected chi connectivity index (χ2v) is 6.07. The van der Waals surface area contributed by atoms with E-state index < -0.39 is 6.04 Å². The highest BCUT2D eigenvalue weighted by atomic mass is 19.1. The first-order valence-corrected chi connectivity index (χ1v) is 7.36. The standard InChI is InChI=1S/C16H22FN3O2/c1-11(14(21)20(2)3)19-15(22)18-10-16(7-8-16)12-5-4-6-13(17)9-12/h4-6,9,11H,7-8,10H2,1-3H3,(H2,18,19,22)/t11-/m1/s1. The number of hydrogen-bond acceptors (Lipinski definition) is 2. The largest absolute Gasteiger partial charge is 0.347 e. The molecule has 0 aliphatic heterocycles. The molecule has 2 N–H and O–H groups in total. The van der Waals surface area contributed by atoms with Crippen LogP contribution < -0.4 is 10.6 Å². The van der Waals surface area contributed by atoms with E-state index in [4.69, 9.17) is 0 Å². The van der Waals surface area contributed by atoms with Crippen LogP contribution in [-0.4, -0.2) is 43.5 Å². The number of rotatable bonds is 5. The van der Waals surface area contributed by atoms with Crippen molar-refractivity contribution in [2.24, 2.45) is 0 Å². The Balaban J connectivity index is 1.88. The molecule has 120 valence electrons. The van der Waals surface area contributed by atoms with Gasteiger partial charge in [-0.1, -0.05) is 12.1 Å². The van der Waals surface area contributed by atoms with Gasteiger partial charge in [0, 0.05) is 26.1 Å². The van der Waals surface area contributed by atoms with Crippen molar-refractivity contribution < 1.29 is 14.0 Å². The molecule has 5 nitrogen and oxygen atoms in total. The van der Waals surface area contributed by atoms with Crippen LogP contribution in [0.25, 0.3) is 0 Å². The Morgan fingerprint density at radius 1 is 1.36 bits per heavy atom. The number of urea groups is 1. The summed E-state index contributed by atoms with van der Waals surface area (Å²) in [6.45, 7) is 2.08. The molecule has 1 aliphatic carbocycles. The number of carbonyl (C=O) groups excluding carboxylic acids is 2. The Hall–Kier alpha value is -2.11. The lowest BCUT2D eigenvalue weighted by Gasteiger charge is -2.20. The molecule has 0 heterocycles. The first-order valence-electron chi connectivity index (χ1n) is 7.36. The van der Waals surface area contributed by atoms with E-state index in [2.05, 4.69) is 10.6 Å². The molecule has 0 radical (unpaired) electrons. The molecule has 3 amide bonds. The number of benzene rings is 1. The van der Waals surface area contributed by atoms with Gasteiger partial charge in [-0.15, -0.1) is 0 Å². The molecule has 1 aliphatic rings. The van der Waals surface area contributed by atoms with Crippen LogP contribution in [0, 0.1) is 5.82 Å². The van der Waals surface area contributed by atoms with Crippen molar-refractivity contribution in [2.45, 2.75) is 31.2 Å². The van der Waals surface area contributed by atoms with Crippen molar-refractivity contribution in [2.75, 3.05) is 20.6 Å². The summed E-state index contributed by atoms with van der Waals surface area (Å²) >= 11 is 0. The average Bonchev–Trinajstić information content (AvgIpc) is 3.25. The fourth-order valence-electron chi connectivity index (χ4n) is 2.48. The summed E-state index contributed by atoms with van der Waals surface area (Å²) in [5, 5.41) is 5.39. The van der Waals surface area contributed by atoms with Crippen LogP contribution in [0.3, 0.4) is 0 Å². The van der Waals surface area contributed by atoms with Gasteiger partial charge in [-0.25, -0.2) is 9.18 Å². The average molecular weight is 307 g/mol. The van der Waals surface area contributed by atoms with Crippen molar-refractivity contribution in [1.82, 2.24) is 15.5 Å². The highest BCUT2D eigenvalue weighted by molar-refractivity contribution is 5.86. The van der Waals surface area contributed by atoms with Gasteiger partial charge in [-0.05, 0) is 37.5 Å². The van der Waals surface area contributed by atoms with Gasteiger partial charge in [0.2, 0.25) is 5.91 Å². The van der Waals surface area contributed by atoms with Crippen LogP contribution in [0.4, 0.5) is 9.18 Å². The maximum Gasteiger partial charge on any atom is 0.315 e. The maximum absolute atomic E-state index is 13.3. The van der Waals surface area contributed by atoms with Gasteiger partial charge < -0.3 is 15.5 Å². The molecule has 1 aromatic rings. The SMILES string of the molecule is C[C@@H](NC(=O)NCC1(c2cccc(F)c2)CC1)C(=O)N(C)C. The molecule has 0 spiro atoms. The van der Waals surface area contributed by atoms with Gasteiger partial charge in [0.05, 0.1) is 0 Å². The molecule has 0 unspecified atom stereocenters. The topological polar surface area (TPSA) is 61.4 Å². The molecule has 0 aromatic heterocycles. The van der Waals surface area contributed by atoms with E-state index in [0.717, 1.165) is 18.4 Å². The quantitative estimate of drug-likeness (QED) is 0.868. The van der Waals surface area contributed by atoms with E-state index in [0.29, 0.717) is 6.54 Å². The number of carbonyl (C=O) groups is 2. The van der Waals surface area contributed by atoms with Gasteiger partial charge in [0.1, 0.15) is 11.9 Å². The third-order valence-corrected chi connectivity index (χ3v) is 4.04. The zero-order chi connectivity index (χ0) is 16.3. The molecule has 1 aromatic carbocycles. The number of amides is 3. The first kappa shape index (κ1) is 16.3. The van der Waals surface area contributed by atoms with Gasteiger partial charge >= 0.3 is 6.03 Å². The van der Waals surface area contributed by atoms with E-state index in [1.807, 2.05) is 6.07 Å². The second-order valence-electron chi connectivity index (χ2n) is 6.07. The Morgan fingerprint density at radius 3 is 2.59 bits per heavy atom. The van der Waals surface area contributed by atoms with Crippen molar-refractivity contribution in [3.63, 3.8) is 0 Å². The molecule has 1 fully saturated rings. The minimum absolute atomic E-state index is 0.165. The number of hydrogen-bond donors (Lipinski definition) is 2. The summed E-state index contributed by atoms with van der Waals surface area (Å²) in [7, 11) is 3.28. The predicted octanol–water partition coefficient (Wildman–Crippen LogP) is 1.63. The molecule has 22 heavy (non-hydrogen) atoms. The van der Waals surface area contributed by atoms with Crippen LogP contribution in [-0.2, 0) is 10.2 Å². The third kappa shape index (κ3) is 3.75. The van der Waals surface area contributed by atoms with Crippen LogP contribution in [0.2, 0.25) is 0 Å². The van der Waals surface area contributed by atoms with Gasteiger partial charge in [-0.2, -0.15) is 0 Å². The highest BCUT2D eigenvalue weighted by Gasteiger charge is 2.44. The van der Waals surface area contributed by atoms with Crippen molar-refractivity contribution >= 4 is 11.9 Å². The number of nitrogens with one attached hydrogen (secondary N) is 2. The summed E-state index contributed by atoms with van der Waals surface area (Å²) in [6.07, 6.45) is 1.84. The van der Waals surface area contributed by atoms with Crippen LogP contribution in [0.15, 0.2) is 24.3 Å². The number of halogens is 1. The Kier molecular flexibility index (Phi) is 4.68. The second kappa shape index (κ2) is 6.34. The van der Waals surface area contributed by atoms with Crippen molar-refractivity contribution in [3.8, 4) is 0 Å². The fourth-order valence-corrected chi connectivity index (χ4v) is 2.48. The summed E-state index contributed by atoms with van der Waals surface area (Å²) < 4.78 is 13.3. The highest BCUT2D eigenvalue weighted by Crippen LogP contribution is 2.47. The summed E-state index contributed by atoms with van der Waals surface area (Å²) in [5.74, 6) is -0.431. The molecule has 1 saturated carbocycles. The number of likely N-dealkylation sites (N-methyl/N-ethyl adjacent to an activating group) is 1. The minimum Gasteiger partial charge on any atom is -0.347 e. The van der Waals surface area contributed by atoms with E-state index in [-0.39, 0.29) is 23.2 Å². The predicted molar refractivity (Wildman–Crippen MR) is 82.0 cm³/mol. The van der Waals surface area contributed by atoms with E-state index >= 15 is 0 Å². The Bertz CT molecular complexity index is 570. The molecule has 0 saturated heterocycles. The zero-order valence-electron chi connectivity index (χ0n) is 13.1. The van der Waals surface area contributed by atoms with Crippen molar-refractivity contribution in [1.29, 1.82) is 0 Å². The molecular formula is C16H22FN3O2. The van der Waals surface area contributed by atoms with Crippen molar-refractivity contribution in [3.05, 3.63) is 35.6 Å². The normalized spacial score (nSPS) is 16.5. The summed E-state index contributed by atoms with van der Waals surface area (Å²) in [5.41, 5.74) is 0.735. The summed E-state index contributed by atoms with van der Waals surface area (Å²) in [4.78, 5) is 25.0. The molecule has 0 bridgehead atoms. The third-order valence-electron chi connectivity index (χ3n) is 4.04. The van der Waals surface area contributed by atoms with Gasteiger partial charge in [-0.3, -0.25) is 4.79 Å². The van der Waals surface area contributed by atoms with Crippen LogP contribution >= 0.6 is 0 Å². The minimum atomic E-state index is -0.584. The van der Waals surface area contributed by atoms with Crippen LogP contribution in [0.5, 0.6) is 0 Å². The van der Waals surface area contributed by atoms with Gasteiger partial charge in [0.15, 0.2) is 0 Å². The van der Waals surface area contributed by atoms with Crippen LogP contribution in [0.1, 0.15) is 25.3 Å². The van der Waals surface area contributed by atoms with Gasteiger partial charge in [0.25, 0.3) is 0 Å². The lowest BCUT2D eigenvalue weighted by molar-refractivity contribution is -0.130. The molecule has 2 rings (SSSR count). The van der Waals surface area contributed by atoms with E-state index in [1.54, 1.807) is 27.1 Å². The van der Waals surface area contributed by atoms with E-state index in [1.165, 1.54) is 17.0 Å². The smallest absolute Gasteiger partial charge is 0.315 e. The first-order chi connectivity index (χ1) is 10.3. The molecular weight excluding hydrogens is 285 g/mol. The zero-order valence-corrected chi connectivity index (χ0v) is 13.1. The monoisotopic (exact) mass is 307 g/mol.